The number of nitrogens with one attached hydrogen (secondary N) is 2. The molecule has 2 heterocycles. The molecule has 4 N–H and O–H groups in total. The molecule has 0 aromatic rings. The molecule has 0 atom stereocenters. The molecule has 0 aromatic carbocycles. The Kier molecular flexibility index (Phi) is 12.0. The molecule has 168 valence electrons. The summed E-state index contributed by atoms with van der Waals surface area (Å²) in [5.41, 5.74) is 5.39. The third-order valence-electron chi connectivity index (χ3n) is 5.86. The number of primary amides is 1. The number of ether oxygens (including phenoxy) is 2. The lowest BCUT2D eigenvalue weighted by molar-refractivity contribution is -0.123. The van der Waals surface area contributed by atoms with E-state index in [9.17, 15) is 4.79 Å². The monoisotopic (exact) mass is 411 g/mol. The van der Waals surface area contributed by atoms with E-state index in [2.05, 4.69) is 20.5 Å². The van der Waals surface area contributed by atoms with Gasteiger partial charge in [0.05, 0.1) is 0 Å². The van der Waals surface area contributed by atoms with Crippen LogP contribution in [0, 0.1) is 11.8 Å². The van der Waals surface area contributed by atoms with Gasteiger partial charge in [-0.3, -0.25) is 9.79 Å². The number of carbonyl (C=O) groups excluding carboxylic acids is 1. The van der Waals surface area contributed by atoms with Crippen LogP contribution in [0.5, 0.6) is 0 Å². The van der Waals surface area contributed by atoms with Crippen molar-refractivity contribution in [2.75, 3.05) is 66.2 Å². The minimum absolute atomic E-state index is 0.0783. The molecule has 1 amide bonds. The molecule has 8 nitrogen and oxygen atoms in total. The zero-order chi connectivity index (χ0) is 20.7. The normalized spacial score (nSPS) is 20.0. The van der Waals surface area contributed by atoms with Crippen LogP contribution in [0.25, 0.3) is 0 Å². The van der Waals surface area contributed by atoms with Crippen LogP contribution in [0.15, 0.2) is 4.99 Å². The van der Waals surface area contributed by atoms with Gasteiger partial charge in [-0.1, -0.05) is 0 Å². The Labute approximate surface area is 176 Å². The van der Waals surface area contributed by atoms with Crippen LogP contribution in [0.4, 0.5) is 0 Å². The first-order valence-electron chi connectivity index (χ1n) is 11.3. The van der Waals surface area contributed by atoms with Gasteiger partial charge in [0, 0.05) is 52.5 Å². The van der Waals surface area contributed by atoms with Gasteiger partial charge in [-0.25, -0.2) is 0 Å². The van der Waals surface area contributed by atoms with Gasteiger partial charge in [0.1, 0.15) is 0 Å². The molecule has 0 saturated carbocycles. The van der Waals surface area contributed by atoms with Crippen molar-refractivity contribution in [3.8, 4) is 0 Å². The average Bonchev–Trinajstić information content (AvgIpc) is 2.75. The number of likely N-dealkylation sites (tertiary alicyclic amines) is 1. The Morgan fingerprint density at radius 1 is 1.10 bits per heavy atom. The molecule has 0 aliphatic carbocycles. The highest BCUT2D eigenvalue weighted by Crippen LogP contribution is 2.17. The SMILES string of the molecule is CN=C(NCCCCN1CCC(C(N)=O)CC1)NCCCOCC1CCOCC1. The Balaban J connectivity index is 1.40. The van der Waals surface area contributed by atoms with E-state index < -0.39 is 0 Å². The second-order valence-electron chi connectivity index (χ2n) is 8.14. The van der Waals surface area contributed by atoms with Gasteiger partial charge in [-0.05, 0) is 70.5 Å². The standard InChI is InChI=1S/C21H41N5O3/c1-23-21(25-10-4-14-29-17-18-7-15-28-16-8-18)24-9-2-3-11-26-12-5-19(6-13-26)20(22)27/h18-19H,2-17H2,1H3,(H2,22,27)(H2,23,24,25). The van der Waals surface area contributed by atoms with E-state index in [4.69, 9.17) is 15.2 Å². The van der Waals surface area contributed by atoms with Gasteiger partial charge in [-0.15, -0.1) is 0 Å². The van der Waals surface area contributed by atoms with Crippen LogP contribution in [0.2, 0.25) is 0 Å². The van der Waals surface area contributed by atoms with E-state index in [1.165, 1.54) is 0 Å². The lowest BCUT2D eigenvalue weighted by Crippen LogP contribution is -2.40. The van der Waals surface area contributed by atoms with Crippen molar-refractivity contribution >= 4 is 11.9 Å². The lowest BCUT2D eigenvalue weighted by Gasteiger charge is -2.30. The molecule has 29 heavy (non-hydrogen) atoms. The Hall–Kier alpha value is -1.38. The second kappa shape index (κ2) is 14.6. The van der Waals surface area contributed by atoms with Gasteiger partial charge in [0.25, 0.3) is 0 Å². The van der Waals surface area contributed by atoms with E-state index in [1.54, 1.807) is 7.05 Å². The number of aliphatic imine (C=N–C) groups is 1. The number of rotatable bonds is 12. The molecule has 0 unspecified atom stereocenters. The molecule has 0 aromatic heterocycles. The van der Waals surface area contributed by atoms with Crippen molar-refractivity contribution in [2.45, 2.75) is 44.9 Å². The largest absolute Gasteiger partial charge is 0.381 e. The predicted octanol–water partition coefficient (Wildman–Crippen LogP) is 0.962. The fourth-order valence-electron chi connectivity index (χ4n) is 3.87. The highest BCUT2D eigenvalue weighted by atomic mass is 16.5. The smallest absolute Gasteiger partial charge is 0.220 e. The quantitative estimate of drug-likeness (QED) is 0.251. The zero-order valence-corrected chi connectivity index (χ0v) is 18.2. The van der Waals surface area contributed by atoms with Gasteiger partial charge in [0.2, 0.25) is 5.91 Å². The van der Waals surface area contributed by atoms with Crippen LogP contribution in [-0.2, 0) is 14.3 Å². The van der Waals surface area contributed by atoms with Crippen LogP contribution < -0.4 is 16.4 Å². The van der Waals surface area contributed by atoms with Crippen molar-refractivity contribution in [1.82, 2.24) is 15.5 Å². The number of piperidine rings is 1. The summed E-state index contributed by atoms with van der Waals surface area (Å²) < 4.78 is 11.2. The van der Waals surface area contributed by atoms with Crippen molar-refractivity contribution in [3.63, 3.8) is 0 Å². The molecular weight excluding hydrogens is 370 g/mol. The Bertz CT molecular complexity index is 475. The fraction of sp³-hybridized carbons (Fsp3) is 0.905. The van der Waals surface area contributed by atoms with E-state index in [0.29, 0.717) is 5.92 Å². The molecule has 2 saturated heterocycles. The highest BCUT2D eigenvalue weighted by molar-refractivity contribution is 5.79. The van der Waals surface area contributed by atoms with E-state index in [0.717, 1.165) is 110 Å². The summed E-state index contributed by atoms with van der Waals surface area (Å²) in [6.45, 7) is 8.24. The molecule has 8 heteroatoms. The summed E-state index contributed by atoms with van der Waals surface area (Å²) >= 11 is 0. The molecule has 2 aliphatic heterocycles. The topological polar surface area (TPSA) is 101 Å². The Morgan fingerprint density at radius 3 is 2.45 bits per heavy atom. The van der Waals surface area contributed by atoms with Crippen molar-refractivity contribution in [3.05, 3.63) is 0 Å². The maximum atomic E-state index is 11.2. The number of nitrogens with zero attached hydrogens (tertiary/aromatic N) is 2. The third-order valence-corrected chi connectivity index (χ3v) is 5.86. The Morgan fingerprint density at radius 2 is 1.79 bits per heavy atom. The summed E-state index contributed by atoms with van der Waals surface area (Å²) in [5, 5.41) is 6.72. The first-order chi connectivity index (χ1) is 14.2. The van der Waals surface area contributed by atoms with Gasteiger partial charge >= 0.3 is 0 Å². The maximum Gasteiger partial charge on any atom is 0.220 e. The molecule has 0 radical (unpaired) electrons. The van der Waals surface area contributed by atoms with Crippen LogP contribution >= 0.6 is 0 Å². The number of hydrogen-bond donors (Lipinski definition) is 3. The van der Waals surface area contributed by atoms with Gasteiger partial charge in [-0.2, -0.15) is 0 Å². The van der Waals surface area contributed by atoms with Crippen molar-refractivity contribution < 1.29 is 14.3 Å². The summed E-state index contributed by atoms with van der Waals surface area (Å²) in [4.78, 5) is 17.9. The molecular formula is C21H41N5O3. The third kappa shape index (κ3) is 10.3. The molecule has 2 fully saturated rings. The fourth-order valence-corrected chi connectivity index (χ4v) is 3.87. The summed E-state index contributed by atoms with van der Waals surface area (Å²) in [7, 11) is 1.81. The molecule has 2 rings (SSSR count). The second-order valence-corrected chi connectivity index (χ2v) is 8.14. The first kappa shape index (κ1) is 23.9. The minimum Gasteiger partial charge on any atom is -0.381 e. The number of unbranched alkanes of at least 4 members (excludes halogenated alkanes) is 1. The average molecular weight is 412 g/mol. The molecule has 0 bridgehead atoms. The summed E-state index contributed by atoms with van der Waals surface area (Å²) in [6, 6.07) is 0. The van der Waals surface area contributed by atoms with Crippen molar-refractivity contribution in [1.29, 1.82) is 0 Å². The van der Waals surface area contributed by atoms with E-state index in [1.807, 2.05) is 0 Å². The number of guanidine groups is 1. The summed E-state index contributed by atoms with van der Waals surface area (Å²) in [6.07, 6.45) is 7.29. The minimum atomic E-state index is -0.140. The lowest BCUT2D eigenvalue weighted by atomic mass is 9.96. The van der Waals surface area contributed by atoms with Crippen molar-refractivity contribution in [2.24, 2.45) is 22.6 Å². The molecule has 0 spiro atoms. The number of hydrogen-bond acceptors (Lipinski definition) is 5. The maximum absolute atomic E-state index is 11.2. The van der Waals surface area contributed by atoms with E-state index >= 15 is 0 Å². The van der Waals surface area contributed by atoms with Crippen LogP contribution in [0.3, 0.4) is 0 Å². The zero-order valence-electron chi connectivity index (χ0n) is 18.2. The first-order valence-corrected chi connectivity index (χ1v) is 11.3. The van der Waals surface area contributed by atoms with E-state index in [-0.39, 0.29) is 11.8 Å². The highest BCUT2D eigenvalue weighted by Gasteiger charge is 2.22. The molecule has 2 aliphatic rings. The number of nitrogens with two attached hydrogens (primary N) is 1. The number of carbonyl (C=O) groups is 1. The van der Waals surface area contributed by atoms with Crippen LogP contribution in [0.1, 0.15) is 44.9 Å². The van der Waals surface area contributed by atoms with Gasteiger partial charge < -0.3 is 30.7 Å². The van der Waals surface area contributed by atoms with Gasteiger partial charge in [0.15, 0.2) is 5.96 Å². The predicted molar refractivity (Wildman–Crippen MR) is 116 cm³/mol. The summed E-state index contributed by atoms with van der Waals surface area (Å²) in [5.74, 6) is 1.46. The van der Waals surface area contributed by atoms with Crippen LogP contribution in [-0.4, -0.2) is 83.0 Å². The number of amides is 1.